The van der Waals surface area contributed by atoms with E-state index < -0.39 is 20.5 Å². The molecule has 2 fully saturated rings. The van der Waals surface area contributed by atoms with Gasteiger partial charge in [0.1, 0.15) is 0 Å². The van der Waals surface area contributed by atoms with Gasteiger partial charge in [-0.2, -0.15) is 0 Å². The topological polar surface area (TPSA) is 69.7 Å². The number of nitrogens with zero attached hydrogens (tertiary/aromatic N) is 2. The molecule has 0 atom stereocenters. The zero-order chi connectivity index (χ0) is 23.6. The van der Waals surface area contributed by atoms with Crippen LogP contribution in [0.2, 0.25) is 0 Å². The summed E-state index contributed by atoms with van der Waals surface area (Å²) in [5.41, 5.74) is 1.76. The Hall–Kier alpha value is -1.90. The van der Waals surface area contributed by atoms with Crippen LogP contribution in [0.5, 0.6) is 0 Å². The molecule has 1 aliphatic heterocycles. The van der Waals surface area contributed by atoms with Crippen LogP contribution in [0.15, 0.2) is 57.9 Å². The summed E-state index contributed by atoms with van der Waals surface area (Å²) < 4.78 is 26.5. The Morgan fingerprint density at radius 2 is 1.58 bits per heavy atom. The molecule has 0 bridgehead atoms. The number of halogens is 1. The number of hydrogen-bond donors (Lipinski definition) is 1. The molecule has 1 heterocycles. The molecule has 178 valence electrons. The van der Waals surface area contributed by atoms with E-state index in [0.717, 1.165) is 48.9 Å². The van der Waals surface area contributed by atoms with E-state index >= 15 is 0 Å². The molecule has 0 unspecified atom stereocenters. The van der Waals surface area contributed by atoms with Gasteiger partial charge < -0.3 is 15.1 Å². The number of amides is 1. The van der Waals surface area contributed by atoms with Crippen molar-refractivity contribution in [3.8, 4) is 0 Å². The van der Waals surface area contributed by atoms with E-state index in [4.69, 9.17) is 0 Å². The average molecular weight is 535 g/mol. The highest BCUT2D eigenvalue weighted by Crippen LogP contribution is 2.41. The summed E-state index contributed by atoms with van der Waals surface area (Å²) in [6.45, 7) is 2.01. The molecule has 6 nitrogen and oxygen atoms in total. The molecule has 1 saturated heterocycles. The van der Waals surface area contributed by atoms with E-state index in [2.05, 4.69) is 45.1 Å². The van der Waals surface area contributed by atoms with E-state index in [-0.39, 0.29) is 4.90 Å². The third kappa shape index (κ3) is 4.84. The minimum absolute atomic E-state index is 0.194. The fourth-order valence-corrected chi connectivity index (χ4v) is 7.38. The summed E-state index contributed by atoms with van der Waals surface area (Å²) in [6, 6.07) is 14.9. The van der Waals surface area contributed by atoms with Gasteiger partial charge in [0.2, 0.25) is 5.91 Å². The summed E-state index contributed by atoms with van der Waals surface area (Å²) in [4.78, 5) is 18.2. The van der Waals surface area contributed by atoms with Crippen LogP contribution in [-0.4, -0.2) is 57.2 Å². The number of carbonyl (C=O) groups is 1. The van der Waals surface area contributed by atoms with Crippen molar-refractivity contribution in [2.45, 2.75) is 54.2 Å². The first kappa shape index (κ1) is 24.2. The van der Waals surface area contributed by atoms with Gasteiger partial charge in [0.25, 0.3) is 0 Å². The lowest BCUT2D eigenvalue weighted by molar-refractivity contribution is -0.118. The Morgan fingerprint density at radius 3 is 2.12 bits per heavy atom. The van der Waals surface area contributed by atoms with Crippen LogP contribution in [-0.2, 0) is 14.6 Å². The lowest BCUT2D eigenvalue weighted by atomic mass is 10.0. The highest BCUT2D eigenvalue weighted by Gasteiger charge is 2.52. The number of anilines is 2. The van der Waals surface area contributed by atoms with E-state index in [1.54, 1.807) is 24.3 Å². The normalized spacial score (nSPS) is 19.1. The van der Waals surface area contributed by atoms with Gasteiger partial charge in [-0.15, -0.1) is 0 Å². The Labute approximate surface area is 205 Å². The number of sulfone groups is 1. The summed E-state index contributed by atoms with van der Waals surface area (Å²) in [7, 11) is 0.442. The SMILES string of the molecule is CN(C)C1CCN(c2ccc(NC(=O)C3(S(=O)(=O)c4ccc(Br)cc4)CCCC3)cc2)CC1. The van der Waals surface area contributed by atoms with Gasteiger partial charge in [-0.25, -0.2) is 8.42 Å². The number of rotatable bonds is 6. The molecule has 2 aromatic rings. The quantitative estimate of drug-likeness (QED) is 0.582. The molecule has 1 saturated carbocycles. The predicted molar refractivity (Wildman–Crippen MR) is 137 cm³/mol. The first-order valence-corrected chi connectivity index (χ1v) is 13.8. The van der Waals surface area contributed by atoms with E-state index in [0.29, 0.717) is 24.6 Å². The van der Waals surface area contributed by atoms with E-state index in [1.807, 2.05) is 24.3 Å². The lowest BCUT2D eigenvalue weighted by Gasteiger charge is -2.36. The van der Waals surface area contributed by atoms with Gasteiger partial charge in [0.05, 0.1) is 4.90 Å². The van der Waals surface area contributed by atoms with Crippen molar-refractivity contribution in [3.63, 3.8) is 0 Å². The minimum Gasteiger partial charge on any atom is -0.371 e. The third-order valence-corrected chi connectivity index (χ3v) is 10.2. The summed E-state index contributed by atoms with van der Waals surface area (Å²) in [5.74, 6) is -0.428. The Bertz CT molecular complexity index is 1070. The number of benzene rings is 2. The number of nitrogens with one attached hydrogen (secondary N) is 1. The third-order valence-electron chi connectivity index (χ3n) is 7.15. The Morgan fingerprint density at radius 1 is 1.00 bits per heavy atom. The smallest absolute Gasteiger partial charge is 0.246 e. The van der Waals surface area contributed by atoms with Crippen LogP contribution in [0.25, 0.3) is 0 Å². The van der Waals surface area contributed by atoms with Gasteiger partial charge in [0.15, 0.2) is 14.6 Å². The van der Waals surface area contributed by atoms with Crippen molar-refractivity contribution < 1.29 is 13.2 Å². The maximum absolute atomic E-state index is 13.5. The molecule has 1 amide bonds. The van der Waals surface area contributed by atoms with Crippen molar-refractivity contribution in [3.05, 3.63) is 53.0 Å². The van der Waals surface area contributed by atoms with E-state index in [9.17, 15) is 13.2 Å². The first-order valence-electron chi connectivity index (χ1n) is 11.6. The van der Waals surface area contributed by atoms with Crippen LogP contribution >= 0.6 is 15.9 Å². The Kier molecular flexibility index (Phi) is 7.17. The molecule has 0 aromatic heterocycles. The molecule has 2 aliphatic rings. The number of piperidine rings is 1. The zero-order valence-electron chi connectivity index (χ0n) is 19.3. The molecule has 4 rings (SSSR count). The van der Waals surface area contributed by atoms with E-state index in [1.165, 1.54) is 0 Å². The molecule has 1 N–H and O–H groups in total. The molecular weight excluding hydrogens is 502 g/mol. The van der Waals surface area contributed by atoms with Crippen molar-refractivity contribution in [2.75, 3.05) is 37.4 Å². The molecule has 2 aromatic carbocycles. The molecule has 0 radical (unpaired) electrons. The molecule has 1 aliphatic carbocycles. The summed E-state index contributed by atoms with van der Waals surface area (Å²) in [6.07, 6.45) is 4.39. The van der Waals surface area contributed by atoms with Gasteiger partial charge in [-0.1, -0.05) is 28.8 Å². The fraction of sp³-hybridized carbons (Fsp3) is 0.480. The monoisotopic (exact) mass is 533 g/mol. The highest BCUT2D eigenvalue weighted by molar-refractivity contribution is 9.10. The molecular formula is C25H32BrN3O3S. The molecule has 8 heteroatoms. The van der Waals surface area contributed by atoms with Crippen LogP contribution < -0.4 is 10.2 Å². The van der Waals surface area contributed by atoms with Crippen molar-refractivity contribution in [2.24, 2.45) is 0 Å². The summed E-state index contributed by atoms with van der Waals surface area (Å²) >= 11 is 3.35. The van der Waals surface area contributed by atoms with Gasteiger partial charge >= 0.3 is 0 Å². The average Bonchev–Trinajstić information content (AvgIpc) is 3.32. The second-order valence-corrected chi connectivity index (χ2v) is 12.5. The fourth-order valence-electron chi connectivity index (χ4n) is 5.04. The molecule has 33 heavy (non-hydrogen) atoms. The second-order valence-electron chi connectivity index (χ2n) is 9.34. The largest absolute Gasteiger partial charge is 0.371 e. The summed E-state index contributed by atoms with van der Waals surface area (Å²) in [5, 5.41) is 2.91. The Balaban J connectivity index is 1.49. The zero-order valence-corrected chi connectivity index (χ0v) is 21.7. The van der Waals surface area contributed by atoms with Crippen molar-refractivity contribution >= 4 is 43.0 Å². The van der Waals surface area contributed by atoms with Crippen molar-refractivity contribution in [1.29, 1.82) is 0 Å². The van der Waals surface area contributed by atoms with Crippen LogP contribution in [0.4, 0.5) is 11.4 Å². The maximum atomic E-state index is 13.5. The minimum atomic E-state index is -3.82. The van der Waals surface area contributed by atoms with Crippen LogP contribution in [0.3, 0.4) is 0 Å². The maximum Gasteiger partial charge on any atom is 0.246 e. The second kappa shape index (κ2) is 9.76. The molecule has 0 spiro atoms. The van der Waals surface area contributed by atoms with Crippen LogP contribution in [0, 0.1) is 0 Å². The van der Waals surface area contributed by atoms with Gasteiger partial charge in [0, 0.05) is 35.0 Å². The number of carbonyl (C=O) groups excluding carboxylic acids is 1. The predicted octanol–water partition coefficient (Wildman–Crippen LogP) is 4.70. The van der Waals surface area contributed by atoms with Gasteiger partial charge in [-0.3, -0.25) is 4.79 Å². The highest BCUT2D eigenvalue weighted by atomic mass is 79.9. The van der Waals surface area contributed by atoms with Gasteiger partial charge in [-0.05, 0) is 88.3 Å². The standard InChI is InChI=1S/C25H32BrN3O3S/c1-28(2)21-13-17-29(18-14-21)22-9-7-20(8-10-22)27-24(30)25(15-3-4-16-25)33(31,32)23-11-5-19(26)6-12-23/h5-12,21H,3-4,13-18H2,1-2H3,(H,27,30). The lowest BCUT2D eigenvalue weighted by Crippen LogP contribution is -2.47. The first-order chi connectivity index (χ1) is 15.7. The van der Waals surface area contributed by atoms with Crippen molar-refractivity contribution in [1.82, 2.24) is 4.90 Å². The van der Waals surface area contributed by atoms with Crippen LogP contribution in [0.1, 0.15) is 38.5 Å². The number of hydrogen-bond acceptors (Lipinski definition) is 5.